The summed E-state index contributed by atoms with van der Waals surface area (Å²) in [4.78, 5) is 18.5. The van der Waals surface area contributed by atoms with Crippen molar-refractivity contribution in [3.63, 3.8) is 0 Å². The maximum absolute atomic E-state index is 11.2. The second-order valence-corrected chi connectivity index (χ2v) is 5.89. The summed E-state index contributed by atoms with van der Waals surface area (Å²) in [5.74, 6) is 0. The molecule has 4 aromatic rings. The number of nitrogens with zero attached hydrogens (tertiary/aromatic N) is 3. The Morgan fingerprint density at radius 2 is 2.15 bits per heavy atom. The van der Waals surface area contributed by atoms with E-state index < -0.39 is 0 Å². The highest BCUT2D eigenvalue weighted by Gasteiger charge is 2.12. The zero-order valence-electron chi connectivity index (χ0n) is 10.1. The average Bonchev–Trinajstić information content (AvgIpc) is 3.15. The summed E-state index contributed by atoms with van der Waals surface area (Å²) < 4.78 is 1.82. The molecule has 0 aliphatic carbocycles. The first kappa shape index (κ1) is 11.6. The van der Waals surface area contributed by atoms with Crippen molar-refractivity contribution in [2.75, 3.05) is 0 Å². The number of fused-ring (bicyclic) bond motifs is 1. The molecule has 0 aliphatic heterocycles. The minimum Gasteiger partial charge on any atom is -0.311 e. The van der Waals surface area contributed by atoms with E-state index in [4.69, 9.17) is 0 Å². The predicted octanol–water partition coefficient (Wildman–Crippen LogP) is 2.87. The maximum Gasteiger partial charge on any atom is 0.304 e. The van der Waals surface area contributed by atoms with Crippen LogP contribution in [0, 0.1) is 0 Å². The molecule has 0 amide bonds. The topological polar surface area (TPSA) is 63.0 Å². The van der Waals surface area contributed by atoms with E-state index in [1.165, 1.54) is 0 Å². The van der Waals surface area contributed by atoms with Gasteiger partial charge in [0.2, 0.25) is 0 Å². The largest absolute Gasteiger partial charge is 0.311 e. The Hall–Kier alpha value is -2.25. The lowest BCUT2D eigenvalue weighted by Gasteiger charge is -1.94. The minimum atomic E-state index is -0.0643. The molecule has 0 aromatic carbocycles. The van der Waals surface area contributed by atoms with Gasteiger partial charge in [-0.1, -0.05) is 17.4 Å². The van der Waals surface area contributed by atoms with Gasteiger partial charge < -0.3 is 4.98 Å². The van der Waals surface area contributed by atoms with E-state index in [0.29, 0.717) is 0 Å². The average molecular weight is 300 g/mol. The molecule has 4 rings (SSSR count). The molecule has 4 heterocycles. The lowest BCUT2D eigenvalue weighted by atomic mass is 10.3. The number of aromatic amines is 1. The molecule has 0 aliphatic rings. The Labute approximate surface area is 121 Å². The molecule has 0 radical (unpaired) electrons. The number of hydrogen-bond acceptors (Lipinski definition) is 5. The van der Waals surface area contributed by atoms with E-state index >= 15 is 0 Å². The fourth-order valence-corrected chi connectivity index (χ4v) is 3.44. The van der Waals surface area contributed by atoms with Crippen molar-refractivity contribution in [2.45, 2.75) is 0 Å². The van der Waals surface area contributed by atoms with Gasteiger partial charge in [-0.2, -0.15) is 5.10 Å². The monoisotopic (exact) mass is 300 g/mol. The van der Waals surface area contributed by atoms with Gasteiger partial charge in [-0.05, 0) is 12.1 Å². The van der Waals surface area contributed by atoms with E-state index in [9.17, 15) is 4.79 Å². The van der Waals surface area contributed by atoms with Gasteiger partial charge in [0.25, 0.3) is 0 Å². The van der Waals surface area contributed by atoms with Crippen molar-refractivity contribution in [1.29, 1.82) is 0 Å². The van der Waals surface area contributed by atoms with E-state index in [0.717, 1.165) is 38.8 Å². The molecular weight excluding hydrogens is 292 g/mol. The van der Waals surface area contributed by atoms with Crippen LogP contribution in [0.15, 0.2) is 46.1 Å². The molecule has 0 spiro atoms. The van der Waals surface area contributed by atoms with Crippen LogP contribution in [0.25, 0.3) is 27.5 Å². The van der Waals surface area contributed by atoms with Crippen LogP contribution in [0.5, 0.6) is 0 Å². The number of thiazole rings is 2. The summed E-state index contributed by atoms with van der Waals surface area (Å²) in [7, 11) is 0. The Kier molecular flexibility index (Phi) is 2.54. The smallest absolute Gasteiger partial charge is 0.304 e. The Morgan fingerprint density at radius 1 is 1.20 bits per heavy atom. The van der Waals surface area contributed by atoms with Gasteiger partial charge in [-0.15, -0.1) is 11.3 Å². The van der Waals surface area contributed by atoms with E-state index in [1.54, 1.807) is 16.7 Å². The molecule has 4 aromatic heterocycles. The lowest BCUT2D eigenvalue weighted by Crippen LogP contribution is -1.92. The van der Waals surface area contributed by atoms with Crippen LogP contribution in [0.2, 0.25) is 0 Å². The second-order valence-electron chi connectivity index (χ2n) is 4.19. The SMILES string of the molecule is O=c1[nH]c(-c2csc(-c3cnn4ccccc34)n2)cs1. The third-order valence-corrected chi connectivity index (χ3v) is 4.50. The fourth-order valence-electron chi connectivity index (χ4n) is 2.03. The van der Waals surface area contributed by atoms with Crippen LogP contribution in [-0.2, 0) is 0 Å². The van der Waals surface area contributed by atoms with Crippen LogP contribution in [0.1, 0.15) is 0 Å². The van der Waals surface area contributed by atoms with Crippen molar-refractivity contribution < 1.29 is 0 Å². The Balaban J connectivity index is 1.84. The molecule has 0 fully saturated rings. The van der Waals surface area contributed by atoms with Gasteiger partial charge >= 0.3 is 4.87 Å². The molecule has 98 valence electrons. The van der Waals surface area contributed by atoms with Gasteiger partial charge in [-0.25, -0.2) is 9.50 Å². The summed E-state index contributed by atoms with van der Waals surface area (Å²) in [5.41, 5.74) is 3.57. The highest BCUT2D eigenvalue weighted by molar-refractivity contribution is 7.13. The highest BCUT2D eigenvalue weighted by Crippen LogP contribution is 2.30. The molecule has 0 unspecified atom stereocenters. The minimum absolute atomic E-state index is 0.0643. The first-order valence-electron chi connectivity index (χ1n) is 5.88. The maximum atomic E-state index is 11.2. The molecule has 1 N–H and O–H groups in total. The number of aromatic nitrogens is 4. The molecule has 0 saturated carbocycles. The first-order valence-corrected chi connectivity index (χ1v) is 7.64. The lowest BCUT2D eigenvalue weighted by molar-refractivity contribution is 0.961. The first-order chi connectivity index (χ1) is 9.81. The molecule has 0 atom stereocenters. The summed E-state index contributed by atoms with van der Waals surface area (Å²) in [5, 5.41) is 8.94. The van der Waals surface area contributed by atoms with Gasteiger partial charge in [0.1, 0.15) is 5.01 Å². The molecule has 5 nitrogen and oxygen atoms in total. The van der Waals surface area contributed by atoms with E-state index in [1.807, 2.05) is 40.5 Å². The Morgan fingerprint density at radius 3 is 3.00 bits per heavy atom. The van der Waals surface area contributed by atoms with E-state index in [2.05, 4.69) is 15.1 Å². The standard InChI is InChI=1S/C13H8N4OS2/c18-13-16-10(7-20-13)9-6-19-12(15-9)8-5-14-17-4-2-1-3-11(8)17/h1-7H,(H,16,18). The third-order valence-electron chi connectivity index (χ3n) is 2.96. The van der Waals surface area contributed by atoms with Crippen LogP contribution in [0.4, 0.5) is 0 Å². The fraction of sp³-hybridized carbons (Fsp3) is 0. The quantitative estimate of drug-likeness (QED) is 0.619. The zero-order valence-corrected chi connectivity index (χ0v) is 11.7. The van der Waals surface area contributed by atoms with Gasteiger partial charge in [0.05, 0.1) is 28.7 Å². The second kappa shape index (κ2) is 4.39. The molecule has 0 saturated heterocycles. The summed E-state index contributed by atoms with van der Waals surface area (Å²) in [6.07, 6.45) is 3.72. The van der Waals surface area contributed by atoms with Crippen LogP contribution < -0.4 is 4.87 Å². The van der Waals surface area contributed by atoms with Crippen LogP contribution in [-0.4, -0.2) is 19.6 Å². The van der Waals surface area contributed by atoms with Crippen LogP contribution in [0.3, 0.4) is 0 Å². The predicted molar refractivity (Wildman–Crippen MR) is 80.2 cm³/mol. The summed E-state index contributed by atoms with van der Waals surface area (Å²) in [6.45, 7) is 0. The van der Waals surface area contributed by atoms with E-state index in [-0.39, 0.29) is 4.87 Å². The Bertz CT molecular complexity index is 946. The van der Waals surface area contributed by atoms with Gasteiger partial charge in [0.15, 0.2) is 0 Å². The summed E-state index contributed by atoms with van der Waals surface area (Å²) >= 11 is 2.69. The number of hydrogen-bond donors (Lipinski definition) is 1. The summed E-state index contributed by atoms with van der Waals surface area (Å²) in [6, 6.07) is 5.93. The van der Waals surface area contributed by atoms with Crippen LogP contribution >= 0.6 is 22.7 Å². The van der Waals surface area contributed by atoms with Crippen molar-refractivity contribution in [3.8, 4) is 22.0 Å². The molecule has 20 heavy (non-hydrogen) atoms. The highest BCUT2D eigenvalue weighted by atomic mass is 32.1. The number of rotatable bonds is 2. The number of pyridine rings is 1. The number of H-pyrrole nitrogens is 1. The van der Waals surface area contributed by atoms with Crippen molar-refractivity contribution in [1.82, 2.24) is 19.6 Å². The van der Waals surface area contributed by atoms with Crippen molar-refractivity contribution >= 4 is 28.2 Å². The normalized spacial score (nSPS) is 11.2. The van der Waals surface area contributed by atoms with Gasteiger partial charge in [0, 0.05) is 17.0 Å². The third kappa shape index (κ3) is 1.79. The number of nitrogens with one attached hydrogen (secondary N) is 1. The zero-order chi connectivity index (χ0) is 13.5. The van der Waals surface area contributed by atoms with Crippen molar-refractivity contribution in [2.24, 2.45) is 0 Å². The molecular formula is C13H8N4OS2. The molecule has 7 heteroatoms. The van der Waals surface area contributed by atoms with Gasteiger partial charge in [-0.3, -0.25) is 4.79 Å². The molecule has 0 bridgehead atoms. The van der Waals surface area contributed by atoms with Crippen molar-refractivity contribution in [3.05, 3.63) is 51.0 Å².